The second kappa shape index (κ2) is 6.13. The van der Waals surface area contributed by atoms with E-state index in [4.69, 9.17) is 0 Å². The molecule has 3 atom stereocenters. The number of benzene rings is 1. The second-order valence-electron chi connectivity index (χ2n) is 7.72. The molecule has 5 heterocycles. The highest BCUT2D eigenvalue weighted by atomic mass is 32.1. The number of fused-ring (bicyclic) bond motifs is 2. The summed E-state index contributed by atoms with van der Waals surface area (Å²) in [5.41, 5.74) is 1.71. The van der Waals surface area contributed by atoms with Crippen LogP contribution in [-0.4, -0.2) is 52.4 Å². The summed E-state index contributed by atoms with van der Waals surface area (Å²) in [5, 5.41) is 2.80. The Balaban J connectivity index is 1.52. The predicted octanol–water partition coefficient (Wildman–Crippen LogP) is 3.29. The number of nitrogens with zero attached hydrogens (tertiary/aromatic N) is 3. The van der Waals surface area contributed by atoms with Crippen molar-refractivity contribution in [2.45, 2.75) is 37.8 Å². The zero-order valence-corrected chi connectivity index (χ0v) is 15.6. The van der Waals surface area contributed by atoms with Gasteiger partial charge in [-0.15, -0.1) is 11.3 Å². The van der Waals surface area contributed by atoms with E-state index in [1.807, 2.05) is 24.4 Å². The minimum Gasteiger partial charge on any atom is -0.332 e. The van der Waals surface area contributed by atoms with Crippen LogP contribution in [-0.2, 0) is 0 Å². The van der Waals surface area contributed by atoms with Crippen LogP contribution in [0.5, 0.6) is 0 Å². The molecule has 4 fully saturated rings. The Morgan fingerprint density at radius 2 is 1.92 bits per heavy atom. The number of halogens is 1. The van der Waals surface area contributed by atoms with Crippen LogP contribution in [0.25, 0.3) is 0 Å². The van der Waals surface area contributed by atoms with E-state index in [1.54, 1.807) is 0 Å². The average molecular weight is 371 g/mol. The lowest BCUT2D eigenvalue weighted by Crippen LogP contribution is -2.60. The highest BCUT2D eigenvalue weighted by molar-refractivity contribution is 7.09. The Bertz CT molecular complexity index is 828. The molecular weight excluding hydrogens is 349 g/mol. The van der Waals surface area contributed by atoms with Crippen LogP contribution >= 0.6 is 11.3 Å². The van der Waals surface area contributed by atoms with Gasteiger partial charge in [0.1, 0.15) is 11.5 Å². The molecule has 136 valence electrons. The van der Waals surface area contributed by atoms with Crippen molar-refractivity contribution in [3.8, 4) is 0 Å². The molecular formula is C20H22FN3OS. The summed E-state index contributed by atoms with van der Waals surface area (Å²) in [5.74, 6) is 0.661. The molecule has 0 aliphatic carbocycles. The molecule has 0 N–H and O–H groups in total. The quantitative estimate of drug-likeness (QED) is 0.813. The Morgan fingerprint density at radius 3 is 2.58 bits per heavy atom. The van der Waals surface area contributed by atoms with E-state index in [0.29, 0.717) is 24.2 Å². The first-order valence-electron chi connectivity index (χ1n) is 9.34. The molecule has 4 nitrogen and oxygen atoms in total. The van der Waals surface area contributed by atoms with Gasteiger partial charge in [0.05, 0.1) is 11.0 Å². The number of thiazole rings is 1. The number of piperidine rings is 3. The van der Waals surface area contributed by atoms with Crippen LogP contribution in [0.1, 0.15) is 39.8 Å². The standard InChI is InChI=1S/C20H22FN3OS/c1-12-22-17(11-26-12)20(25)24-10-16(13-2-4-15(21)5-3-13)19-18(24)14-6-8-23(19)9-7-14/h2-5,11,14,16,18-19H,6-10H2,1H3/t16-,18+,19+/m1/s1. The normalized spacial score (nSPS) is 32.7. The number of aryl methyl sites for hydroxylation is 1. The number of aromatic nitrogens is 1. The molecule has 1 amide bonds. The largest absolute Gasteiger partial charge is 0.332 e. The molecule has 0 unspecified atom stereocenters. The first-order valence-corrected chi connectivity index (χ1v) is 10.2. The Morgan fingerprint density at radius 1 is 1.19 bits per heavy atom. The van der Waals surface area contributed by atoms with Crippen molar-refractivity contribution in [3.05, 3.63) is 51.7 Å². The number of carbonyl (C=O) groups excluding carboxylic acids is 1. The van der Waals surface area contributed by atoms with E-state index in [0.717, 1.165) is 36.5 Å². The second-order valence-corrected chi connectivity index (χ2v) is 8.78. The van der Waals surface area contributed by atoms with Gasteiger partial charge in [0, 0.05) is 23.9 Å². The summed E-state index contributed by atoms with van der Waals surface area (Å²) in [6.45, 7) is 4.86. The van der Waals surface area contributed by atoms with Crippen molar-refractivity contribution in [2.75, 3.05) is 19.6 Å². The van der Waals surface area contributed by atoms with E-state index in [-0.39, 0.29) is 23.7 Å². The van der Waals surface area contributed by atoms with Crippen LogP contribution in [0.2, 0.25) is 0 Å². The fourth-order valence-corrected chi connectivity index (χ4v) is 5.85. The highest BCUT2D eigenvalue weighted by Crippen LogP contribution is 2.46. The van der Waals surface area contributed by atoms with Gasteiger partial charge in [-0.3, -0.25) is 9.69 Å². The summed E-state index contributed by atoms with van der Waals surface area (Å²) in [6, 6.07) is 7.45. The summed E-state index contributed by atoms with van der Waals surface area (Å²) >= 11 is 1.52. The van der Waals surface area contributed by atoms with E-state index < -0.39 is 0 Å². The molecule has 6 rings (SSSR count). The van der Waals surface area contributed by atoms with Gasteiger partial charge in [-0.1, -0.05) is 12.1 Å². The molecule has 2 aromatic rings. The Kier molecular flexibility index (Phi) is 3.87. The van der Waals surface area contributed by atoms with Crippen molar-refractivity contribution >= 4 is 17.2 Å². The molecule has 4 saturated heterocycles. The number of hydrogen-bond acceptors (Lipinski definition) is 4. The molecule has 4 aliphatic heterocycles. The van der Waals surface area contributed by atoms with Crippen molar-refractivity contribution < 1.29 is 9.18 Å². The van der Waals surface area contributed by atoms with Gasteiger partial charge in [-0.05, 0) is 56.5 Å². The Labute approximate surface area is 156 Å². The number of amides is 1. The van der Waals surface area contributed by atoms with E-state index in [2.05, 4.69) is 14.8 Å². The lowest BCUT2D eigenvalue weighted by Gasteiger charge is -2.51. The van der Waals surface area contributed by atoms with Crippen molar-refractivity contribution in [2.24, 2.45) is 5.92 Å². The van der Waals surface area contributed by atoms with Crippen LogP contribution in [0.4, 0.5) is 4.39 Å². The van der Waals surface area contributed by atoms with Gasteiger partial charge in [0.25, 0.3) is 5.91 Å². The molecule has 1 aromatic heterocycles. The average Bonchev–Trinajstić information content (AvgIpc) is 3.28. The van der Waals surface area contributed by atoms with Crippen molar-refractivity contribution in [1.82, 2.24) is 14.8 Å². The topological polar surface area (TPSA) is 36.4 Å². The molecule has 0 radical (unpaired) electrons. The van der Waals surface area contributed by atoms with Crippen LogP contribution in [0.3, 0.4) is 0 Å². The van der Waals surface area contributed by atoms with Crippen LogP contribution in [0.15, 0.2) is 29.6 Å². The number of hydrogen-bond donors (Lipinski definition) is 0. The lowest BCUT2D eigenvalue weighted by atomic mass is 9.75. The minimum atomic E-state index is -0.209. The first-order chi connectivity index (χ1) is 12.6. The third-order valence-electron chi connectivity index (χ3n) is 6.39. The number of carbonyl (C=O) groups is 1. The molecule has 6 heteroatoms. The first kappa shape index (κ1) is 16.4. The molecule has 4 aliphatic rings. The van der Waals surface area contributed by atoms with Gasteiger partial charge in [-0.2, -0.15) is 0 Å². The monoisotopic (exact) mass is 371 g/mol. The fraction of sp³-hybridized carbons (Fsp3) is 0.500. The molecule has 1 aromatic carbocycles. The van der Waals surface area contributed by atoms with Gasteiger partial charge in [-0.25, -0.2) is 9.37 Å². The fourth-order valence-electron chi connectivity index (χ4n) is 5.27. The van der Waals surface area contributed by atoms with Crippen LogP contribution in [0, 0.1) is 18.7 Å². The third kappa shape index (κ3) is 2.50. The number of rotatable bonds is 2. The smallest absolute Gasteiger partial charge is 0.273 e. The van der Waals surface area contributed by atoms with Crippen LogP contribution < -0.4 is 0 Å². The van der Waals surface area contributed by atoms with Gasteiger partial charge in [0.15, 0.2) is 0 Å². The Hall–Kier alpha value is -1.79. The molecule has 2 bridgehead atoms. The van der Waals surface area contributed by atoms with Crippen molar-refractivity contribution in [3.63, 3.8) is 0 Å². The summed E-state index contributed by atoms with van der Waals surface area (Å²) in [6.07, 6.45) is 2.33. The maximum atomic E-state index is 13.4. The summed E-state index contributed by atoms with van der Waals surface area (Å²) < 4.78 is 13.4. The maximum Gasteiger partial charge on any atom is 0.273 e. The van der Waals surface area contributed by atoms with Gasteiger partial charge >= 0.3 is 0 Å². The van der Waals surface area contributed by atoms with E-state index in [1.165, 1.54) is 23.5 Å². The molecule has 0 saturated carbocycles. The van der Waals surface area contributed by atoms with Gasteiger partial charge < -0.3 is 4.90 Å². The highest BCUT2D eigenvalue weighted by Gasteiger charge is 2.54. The van der Waals surface area contributed by atoms with Gasteiger partial charge in [0.2, 0.25) is 0 Å². The molecule has 26 heavy (non-hydrogen) atoms. The SMILES string of the molecule is Cc1nc(C(=O)N2C[C@H](c3ccc(F)cc3)[C@H]3[C@@H]2C2CCN3CC2)cs1. The zero-order valence-electron chi connectivity index (χ0n) is 14.8. The molecule has 0 spiro atoms. The predicted molar refractivity (Wildman–Crippen MR) is 98.9 cm³/mol. The minimum absolute atomic E-state index is 0.0581. The third-order valence-corrected chi connectivity index (χ3v) is 7.16. The zero-order chi connectivity index (χ0) is 17.8. The summed E-state index contributed by atoms with van der Waals surface area (Å²) in [4.78, 5) is 22.3. The van der Waals surface area contributed by atoms with E-state index in [9.17, 15) is 9.18 Å². The van der Waals surface area contributed by atoms with Crippen molar-refractivity contribution in [1.29, 1.82) is 0 Å². The lowest BCUT2D eigenvalue weighted by molar-refractivity contribution is -0.00356. The van der Waals surface area contributed by atoms with E-state index >= 15 is 0 Å². The summed E-state index contributed by atoms with van der Waals surface area (Å²) in [7, 11) is 0. The number of likely N-dealkylation sites (tertiary alicyclic amines) is 1. The maximum absolute atomic E-state index is 13.4.